The molecular formula is C23H30N4O2. The van der Waals surface area contributed by atoms with E-state index in [0.717, 1.165) is 38.2 Å². The molecule has 1 aromatic carbocycles. The molecule has 2 aromatic rings. The van der Waals surface area contributed by atoms with Gasteiger partial charge < -0.3 is 14.4 Å². The molecule has 0 aliphatic carbocycles. The molecule has 0 spiro atoms. The summed E-state index contributed by atoms with van der Waals surface area (Å²) in [5.74, 6) is 0.297. The Balaban J connectivity index is 1.32. The number of carbonyl (C=O) groups excluding carboxylic acids is 2. The fourth-order valence-electron chi connectivity index (χ4n) is 4.35. The number of piperazine rings is 1. The summed E-state index contributed by atoms with van der Waals surface area (Å²) in [6.07, 6.45) is 7.39. The van der Waals surface area contributed by atoms with Gasteiger partial charge in [0.25, 0.3) is 5.91 Å². The molecule has 0 N–H and O–H groups in total. The highest BCUT2D eigenvalue weighted by Crippen LogP contribution is 2.18. The van der Waals surface area contributed by atoms with Crippen molar-refractivity contribution in [1.29, 1.82) is 0 Å². The standard InChI is InChI=1S/C23H30N4O2/c1-19-7-2-3-12-27(19)22(28)18-24-13-15-26(16-14-24)23(29)20-8-6-9-21(17-20)25-10-4-5-11-25/h4-6,8-11,17,19H,2-3,7,12-16,18H2,1H3. The van der Waals surface area contributed by atoms with Gasteiger partial charge in [-0.2, -0.15) is 0 Å². The smallest absolute Gasteiger partial charge is 0.254 e. The molecule has 6 heteroatoms. The summed E-state index contributed by atoms with van der Waals surface area (Å²) in [5, 5.41) is 0. The van der Waals surface area contributed by atoms with Gasteiger partial charge >= 0.3 is 0 Å². The maximum atomic E-state index is 13.0. The van der Waals surface area contributed by atoms with E-state index in [1.54, 1.807) is 0 Å². The first kappa shape index (κ1) is 19.7. The van der Waals surface area contributed by atoms with Crippen molar-refractivity contribution in [3.05, 3.63) is 54.4 Å². The first-order chi connectivity index (χ1) is 14.1. The van der Waals surface area contributed by atoms with Crippen LogP contribution in [0.5, 0.6) is 0 Å². The van der Waals surface area contributed by atoms with Crippen molar-refractivity contribution >= 4 is 11.8 Å². The molecule has 154 valence electrons. The minimum Gasteiger partial charge on any atom is -0.339 e. The Bertz CT molecular complexity index is 840. The van der Waals surface area contributed by atoms with Gasteiger partial charge in [0.15, 0.2) is 0 Å². The van der Waals surface area contributed by atoms with Gasteiger partial charge in [-0.3, -0.25) is 14.5 Å². The molecule has 3 heterocycles. The van der Waals surface area contributed by atoms with Gasteiger partial charge in [-0.25, -0.2) is 0 Å². The van der Waals surface area contributed by atoms with E-state index in [0.29, 0.717) is 31.2 Å². The molecule has 2 fully saturated rings. The minimum absolute atomic E-state index is 0.0645. The van der Waals surface area contributed by atoms with Gasteiger partial charge in [0.1, 0.15) is 0 Å². The molecule has 2 aliphatic heterocycles. The average molecular weight is 395 g/mol. The predicted molar refractivity (Wildman–Crippen MR) is 113 cm³/mol. The van der Waals surface area contributed by atoms with Crippen LogP contribution < -0.4 is 0 Å². The van der Waals surface area contributed by atoms with E-state index in [9.17, 15) is 9.59 Å². The van der Waals surface area contributed by atoms with Gasteiger partial charge in [-0.15, -0.1) is 0 Å². The lowest BCUT2D eigenvalue weighted by Crippen LogP contribution is -2.53. The summed E-state index contributed by atoms with van der Waals surface area (Å²) >= 11 is 0. The summed E-state index contributed by atoms with van der Waals surface area (Å²) in [6.45, 7) is 6.32. The van der Waals surface area contributed by atoms with E-state index in [1.807, 2.05) is 63.2 Å². The van der Waals surface area contributed by atoms with Gasteiger partial charge in [0.2, 0.25) is 5.91 Å². The number of benzene rings is 1. The minimum atomic E-state index is 0.0645. The molecule has 4 rings (SSSR count). The van der Waals surface area contributed by atoms with Crippen molar-refractivity contribution in [3.63, 3.8) is 0 Å². The second kappa shape index (κ2) is 8.82. The summed E-state index contributed by atoms with van der Waals surface area (Å²) in [5.41, 5.74) is 1.70. The number of carbonyl (C=O) groups is 2. The van der Waals surface area contributed by atoms with Gasteiger partial charge in [-0.1, -0.05) is 6.07 Å². The summed E-state index contributed by atoms with van der Waals surface area (Å²) < 4.78 is 2.00. The number of hydrogen-bond acceptors (Lipinski definition) is 3. The van der Waals surface area contributed by atoms with Crippen LogP contribution in [-0.4, -0.2) is 76.4 Å². The molecule has 1 aromatic heterocycles. The third-order valence-corrected chi connectivity index (χ3v) is 6.14. The monoisotopic (exact) mass is 394 g/mol. The molecule has 0 bridgehead atoms. The number of aromatic nitrogens is 1. The summed E-state index contributed by atoms with van der Waals surface area (Å²) in [7, 11) is 0. The van der Waals surface area contributed by atoms with E-state index in [2.05, 4.69) is 11.8 Å². The average Bonchev–Trinajstić information content (AvgIpc) is 3.29. The lowest BCUT2D eigenvalue weighted by Gasteiger charge is -2.38. The number of likely N-dealkylation sites (tertiary alicyclic amines) is 1. The SMILES string of the molecule is CC1CCCCN1C(=O)CN1CCN(C(=O)c2cccc(-n3cccc3)c2)CC1. The third kappa shape index (κ3) is 4.53. The second-order valence-corrected chi connectivity index (χ2v) is 8.14. The molecule has 6 nitrogen and oxygen atoms in total. The van der Waals surface area contributed by atoms with Crippen molar-refractivity contribution in [2.75, 3.05) is 39.3 Å². The van der Waals surface area contributed by atoms with E-state index in [-0.39, 0.29) is 11.8 Å². The molecular weight excluding hydrogens is 364 g/mol. The first-order valence-electron chi connectivity index (χ1n) is 10.7. The third-order valence-electron chi connectivity index (χ3n) is 6.14. The molecule has 0 saturated carbocycles. The van der Waals surface area contributed by atoms with Gasteiger partial charge in [-0.05, 0) is 56.5 Å². The Morgan fingerprint density at radius 1 is 0.966 bits per heavy atom. The van der Waals surface area contributed by atoms with Crippen LogP contribution in [0.3, 0.4) is 0 Å². The highest BCUT2D eigenvalue weighted by Gasteiger charge is 2.27. The Morgan fingerprint density at radius 3 is 2.45 bits per heavy atom. The summed E-state index contributed by atoms with van der Waals surface area (Å²) in [6, 6.07) is 12.0. The van der Waals surface area contributed by atoms with Crippen LogP contribution in [0.25, 0.3) is 5.69 Å². The quantitative estimate of drug-likeness (QED) is 0.801. The Kier molecular flexibility index (Phi) is 6.00. The maximum absolute atomic E-state index is 13.0. The van der Waals surface area contributed by atoms with E-state index >= 15 is 0 Å². The zero-order valence-corrected chi connectivity index (χ0v) is 17.2. The zero-order chi connectivity index (χ0) is 20.2. The number of piperidine rings is 1. The largest absolute Gasteiger partial charge is 0.339 e. The molecule has 0 radical (unpaired) electrons. The fourth-order valence-corrected chi connectivity index (χ4v) is 4.35. The van der Waals surface area contributed by atoms with Crippen molar-refractivity contribution in [3.8, 4) is 5.69 Å². The second-order valence-electron chi connectivity index (χ2n) is 8.14. The molecule has 2 amide bonds. The highest BCUT2D eigenvalue weighted by molar-refractivity contribution is 5.94. The molecule has 2 saturated heterocycles. The Hall–Kier alpha value is -2.60. The van der Waals surface area contributed by atoms with Gasteiger partial charge in [0.05, 0.1) is 6.54 Å². The number of hydrogen-bond donors (Lipinski definition) is 0. The molecule has 29 heavy (non-hydrogen) atoms. The first-order valence-corrected chi connectivity index (χ1v) is 10.7. The van der Waals surface area contributed by atoms with Crippen LogP contribution in [0.15, 0.2) is 48.8 Å². The van der Waals surface area contributed by atoms with E-state index < -0.39 is 0 Å². The van der Waals surface area contributed by atoms with Gasteiger partial charge in [0, 0.05) is 62.4 Å². The Labute approximate surface area is 172 Å². The topological polar surface area (TPSA) is 48.8 Å². The van der Waals surface area contributed by atoms with Crippen molar-refractivity contribution in [1.82, 2.24) is 19.3 Å². The van der Waals surface area contributed by atoms with Crippen LogP contribution in [-0.2, 0) is 4.79 Å². The van der Waals surface area contributed by atoms with Crippen molar-refractivity contribution < 1.29 is 9.59 Å². The van der Waals surface area contributed by atoms with Crippen LogP contribution in [0.2, 0.25) is 0 Å². The Morgan fingerprint density at radius 2 is 1.72 bits per heavy atom. The lowest BCUT2D eigenvalue weighted by atomic mass is 10.0. The van der Waals surface area contributed by atoms with Crippen molar-refractivity contribution in [2.45, 2.75) is 32.2 Å². The zero-order valence-electron chi connectivity index (χ0n) is 17.2. The van der Waals surface area contributed by atoms with Crippen LogP contribution in [0, 0.1) is 0 Å². The highest BCUT2D eigenvalue weighted by atomic mass is 16.2. The lowest BCUT2D eigenvalue weighted by molar-refractivity contribution is -0.136. The van der Waals surface area contributed by atoms with E-state index in [4.69, 9.17) is 0 Å². The summed E-state index contributed by atoms with van der Waals surface area (Å²) in [4.78, 5) is 31.8. The van der Waals surface area contributed by atoms with Crippen LogP contribution in [0.4, 0.5) is 0 Å². The van der Waals surface area contributed by atoms with Crippen molar-refractivity contribution in [2.24, 2.45) is 0 Å². The molecule has 2 aliphatic rings. The van der Waals surface area contributed by atoms with Crippen LogP contribution in [0.1, 0.15) is 36.5 Å². The molecule has 1 atom stereocenters. The molecule has 1 unspecified atom stereocenters. The fraction of sp³-hybridized carbons (Fsp3) is 0.478. The van der Waals surface area contributed by atoms with E-state index in [1.165, 1.54) is 6.42 Å². The maximum Gasteiger partial charge on any atom is 0.254 e. The van der Waals surface area contributed by atoms with Crippen LogP contribution >= 0.6 is 0 Å². The number of rotatable bonds is 4. The number of nitrogens with zero attached hydrogens (tertiary/aromatic N) is 4. The predicted octanol–water partition coefficient (Wildman–Crippen LogP) is 2.64. The normalized spacial score (nSPS) is 20.7. The number of amides is 2.